The molecule has 1 aliphatic carbocycles. The molecule has 134 valence electrons. The van der Waals surface area contributed by atoms with E-state index in [9.17, 15) is 14.4 Å². The molecule has 2 aliphatic rings. The molecule has 3 N–H and O–H groups in total. The van der Waals surface area contributed by atoms with E-state index in [-0.39, 0.29) is 30.7 Å². The minimum atomic E-state index is -1.01. The van der Waals surface area contributed by atoms with Gasteiger partial charge >= 0.3 is 6.03 Å². The number of fused-ring (bicyclic) bond motifs is 1. The smallest absolute Gasteiger partial charge is 0.322 e. The summed E-state index contributed by atoms with van der Waals surface area (Å²) in [5.41, 5.74) is 2.91. The SMILES string of the molecule is C[C@H](NC(=O)CC[C@]1(C)NC(=O)NC1=O)c1ccc2c(c1)CCCC2. The molecule has 0 unspecified atom stereocenters. The Morgan fingerprint density at radius 1 is 1.24 bits per heavy atom. The van der Waals surface area contributed by atoms with Crippen molar-refractivity contribution in [1.29, 1.82) is 0 Å². The van der Waals surface area contributed by atoms with E-state index in [0.29, 0.717) is 0 Å². The molecular weight excluding hydrogens is 318 g/mol. The third kappa shape index (κ3) is 3.83. The summed E-state index contributed by atoms with van der Waals surface area (Å²) in [7, 11) is 0. The molecule has 25 heavy (non-hydrogen) atoms. The van der Waals surface area contributed by atoms with Gasteiger partial charge in [0, 0.05) is 6.42 Å². The Labute approximate surface area is 147 Å². The highest BCUT2D eigenvalue weighted by atomic mass is 16.2. The van der Waals surface area contributed by atoms with E-state index in [0.717, 1.165) is 18.4 Å². The summed E-state index contributed by atoms with van der Waals surface area (Å²) in [5, 5.41) is 7.77. The maximum atomic E-state index is 12.2. The van der Waals surface area contributed by atoms with Gasteiger partial charge in [0.25, 0.3) is 5.91 Å². The predicted octanol–water partition coefficient (Wildman–Crippen LogP) is 2.12. The summed E-state index contributed by atoms with van der Waals surface area (Å²) >= 11 is 0. The van der Waals surface area contributed by atoms with Gasteiger partial charge in [-0.25, -0.2) is 4.79 Å². The van der Waals surface area contributed by atoms with Gasteiger partial charge in [-0.2, -0.15) is 0 Å². The summed E-state index contributed by atoms with van der Waals surface area (Å²) in [5.74, 6) is -0.506. The van der Waals surface area contributed by atoms with Crippen molar-refractivity contribution in [3.63, 3.8) is 0 Å². The first-order valence-electron chi connectivity index (χ1n) is 8.92. The van der Waals surface area contributed by atoms with Crippen LogP contribution in [0.1, 0.15) is 62.3 Å². The Kier molecular flexibility index (Phi) is 4.79. The van der Waals surface area contributed by atoms with Crippen molar-refractivity contribution < 1.29 is 14.4 Å². The summed E-state index contributed by atoms with van der Waals surface area (Å²) in [6.07, 6.45) is 5.18. The Morgan fingerprint density at radius 2 is 1.96 bits per heavy atom. The minimum Gasteiger partial charge on any atom is -0.350 e. The standard InChI is InChI=1S/C19H25N3O3/c1-12(14-8-7-13-5-3-4-6-15(13)11-14)20-16(23)9-10-19(2)17(24)21-18(25)22-19/h7-8,11-12H,3-6,9-10H2,1-2H3,(H,20,23)(H2,21,22,24,25)/t12-,19-/m0/s1. The van der Waals surface area contributed by atoms with Crippen LogP contribution in [0.15, 0.2) is 18.2 Å². The van der Waals surface area contributed by atoms with Crippen molar-refractivity contribution in [2.24, 2.45) is 0 Å². The third-order valence-corrected chi connectivity index (χ3v) is 5.22. The lowest BCUT2D eigenvalue weighted by Crippen LogP contribution is -2.44. The largest absolute Gasteiger partial charge is 0.350 e. The highest BCUT2D eigenvalue weighted by Crippen LogP contribution is 2.25. The van der Waals surface area contributed by atoms with Crippen molar-refractivity contribution in [3.8, 4) is 0 Å². The Hall–Kier alpha value is -2.37. The molecule has 1 saturated heterocycles. The van der Waals surface area contributed by atoms with Gasteiger partial charge in [0.05, 0.1) is 6.04 Å². The fourth-order valence-corrected chi connectivity index (χ4v) is 3.54. The van der Waals surface area contributed by atoms with Crippen LogP contribution in [0.3, 0.4) is 0 Å². The zero-order valence-electron chi connectivity index (χ0n) is 14.8. The lowest BCUT2D eigenvalue weighted by atomic mass is 9.89. The molecule has 2 atom stereocenters. The highest BCUT2D eigenvalue weighted by Gasteiger charge is 2.41. The van der Waals surface area contributed by atoms with Crippen LogP contribution in [0.2, 0.25) is 0 Å². The molecule has 1 aromatic carbocycles. The molecule has 0 aromatic heterocycles. The van der Waals surface area contributed by atoms with Crippen LogP contribution in [0.25, 0.3) is 0 Å². The van der Waals surface area contributed by atoms with E-state index in [1.807, 2.05) is 6.92 Å². The van der Waals surface area contributed by atoms with Gasteiger partial charge < -0.3 is 10.6 Å². The van der Waals surface area contributed by atoms with Gasteiger partial charge in [0.2, 0.25) is 5.91 Å². The number of amides is 4. The fourth-order valence-electron chi connectivity index (χ4n) is 3.54. The number of imide groups is 1. The number of hydrogen-bond acceptors (Lipinski definition) is 3. The molecule has 0 bridgehead atoms. The number of urea groups is 1. The van der Waals surface area contributed by atoms with E-state index >= 15 is 0 Å². The summed E-state index contributed by atoms with van der Waals surface area (Å²) in [4.78, 5) is 35.3. The Balaban J connectivity index is 1.56. The molecule has 1 heterocycles. The molecular formula is C19H25N3O3. The molecule has 0 radical (unpaired) electrons. The Morgan fingerprint density at radius 3 is 2.64 bits per heavy atom. The molecule has 1 fully saturated rings. The molecule has 0 saturated carbocycles. The van der Waals surface area contributed by atoms with Gasteiger partial charge in [-0.1, -0.05) is 18.2 Å². The predicted molar refractivity (Wildman–Crippen MR) is 94.0 cm³/mol. The number of benzene rings is 1. The zero-order valence-corrected chi connectivity index (χ0v) is 14.8. The molecule has 3 rings (SSSR count). The summed E-state index contributed by atoms with van der Waals surface area (Å²) < 4.78 is 0. The van der Waals surface area contributed by atoms with Crippen LogP contribution in [0.5, 0.6) is 0 Å². The summed E-state index contributed by atoms with van der Waals surface area (Å²) in [6, 6.07) is 5.87. The number of carbonyl (C=O) groups excluding carboxylic acids is 3. The topological polar surface area (TPSA) is 87.3 Å². The van der Waals surface area contributed by atoms with Crippen LogP contribution in [0.4, 0.5) is 4.79 Å². The van der Waals surface area contributed by atoms with Gasteiger partial charge in [0.15, 0.2) is 0 Å². The first kappa shape index (κ1) is 17.5. The lowest BCUT2D eigenvalue weighted by molar-refractivity contribution is -0.125. The molecule has 6 heteroatoms. The van der Waals surface area contributed by atoms with Gasteiger partial charge in [-0.05, 0) is 62.6 Å². The van der Waals surface area contributed by atoms with Crippen molar-refractivity contribution in [3.05, 3.63) is 34.9 Å². The maximum absolute atomic E-state index is 12.2. The second kappa shape index (κ2) is 6.86. The highest BCUT2D eigenvalue weighted by molar-refractivity contribution is 6.06. The first-order valence-corrected chi connectivity index (χ1v) is 8.92. The van der Waals surface area contributed by atoms with E-state index in [1.165, 1.54) is 24.0 Å². The number of carbonyl (C=O) groups is 3. The average Bonchev–Trinajstić information content (AvgIpc) is 2.85. The number of nitrogens with one attached hydrogen (secondary N) is 3. The lowest BCUT2D eigenvalue weighted by Gasteiger charge is -2.22. The van der Waals surface area contributed by atoms with Crippen LogP contribution in [-0.4, -0.2) is 23.4 Å². The van der Waals surface area contributed by atoms with Crippen molar-refractivity contribution in [2.75, 3.05) is 0 Å². The summed E-state index contributed by atoms with van der Waals surface area (Å²) in [6.45, 7) is 3.60. The van der Waals surface area contributed by atoms with Crippen LogP contribution in [0, 0.1) is 0 Å². The van der Waals surface area contributed by atoms with Crippen LogP contribution in [-0.2, 0) is 22.4 Å². The van der Waals surface area contributed by atoms with Crippen molar-refractivity contribution in [1.82, 2.24) is 16.0 Å². The Bertz CT molecular complexity index is 716. The van der Waals surface area contributed by atoms with Gasteiger partial charge in [-0.15, -0.1) is 0 Å². The van der Waals surface area contributed by atoms with E-state index in [4.69, 9.17) is 0 Å². The first-order chi connectivity index (χ1) is 11.9. The monoisotopic (exact) mass is 343 g/mol. The maximum Gasteiger partial charge on any atom is 0.322 e. The molecule has 6 nitrogen and oxygen atoms in total. The van der Waals surface area contributed by atoms with E-state index < -0.39 is 11.6 Å². The van der Waals surface area contributed by atoms with Gasteiger partial charge in [-0.3, -0.25) is 14.9 Å². The van der Waals surface area contributed by atoms with Gasteiger partial charge in [0.1, 0.15) is 5.54 Å². The van der Waals surface area contributed by atoms with Crippen LogP contribution < -0.4 is 16.0 Å². The number of hydrogen-bond donors (Lipinski definition) is 3. The average molecular weight is 343 g/mol. The molecule has 0 spiro atoms. The molecule has 1 aliphatic heterocycles. The zero-order chi connectivity index (χ0) is 18.0. The van der Waals surface area contributed by atoms with E-state index in [2.05, 4.69) is 34.1 Å². The second-order valence-electron chi connectivity index (χ2n) is 7.26. The molecule has 4 amide bonds. The second-order valence-corrected chi connectivity index (χ2v) is 7.26. The fraction of sp³-hybridized carbons (Fsp3) is 0.526. The van der Waals surface area contributed by atoms with Crippen molar-refractivity contribution >= 4 is 17.8 Å². The quantitative estimate of drug-likeness (QED) is 0.716. The van der Waals surface area contributed by atoms with E-state index in [1.54, 1.807) is 6.92 Å². The van der Waals surface area contributed by atoms with Crippen molar-refractivity contribution in [2.45, 2.75) is 64.0 Å². The number of aryl methyl sites for hydroxylation is 2. The minimum absolute atomic E-state index is 0.0838. The normalized spacial score (nSPS) is 23.4. The van der Waals surface area contributed by atoms with Crippen LogP contribution >= 0.6 is 0 Å². The third-order valence-electron chi connectivity index (χ3n) is 5.22. The molecule has 1 aromatic rings. The number of rotatable bonds is 5.